The Labute approximate surface area is 358 Å². The third-order valence-corrected chi connectivity index (χ3v) is 12.3. The van der Waals surface area contributed by atoms with E-state index < -0.39 is 62.6 Å². The van der Waals surface area contributed by atoms with Crippen molar-refractivity contribution in [1.82, 2.24) is 0 Å². The van der Waals surface area contributed by atoms with E-state index in [0.29, 0.717) is 25.7 Å². The van der Waals surface area contributed by atoms with E-state index in [-0.39, 0.29) is 57.6 Å². The number of carbonyl (C=O) groups is 3. The lowest BCUT2D eigenvalue weighted by molar-refractivity contribution is -0.161. The summed E-state index contributed by atoms with van der Waals surface area (Å²) in [5.74, 6) is 0.0864. The van der Waals surface area contributed by atoms with E-state index in [9.17, 15) is 39.2 Å². The summed E-state index contributed by atoms with van der Waals surface area (Å²) in [5.41, 5.74) is 7.92. The van der Waals surface area contributed by atoms with E-state index >= 15 is 0 Å². The summed E-state index contributed by atoms with van der Waals surface area (Å²) in [4.78, 5) is 48.1. The Morgan fingerprint density at radius 2 is 1.42 bits per heavy atom. The molecule has 1 aliphatic carbocycles. The summed E-state index contributed by atoms with van der Waals surface area (Å²) in [5, 5.41) is 31.3. The number of phosphoric acid groups is 1. The standard InChI is InChI=1S/C45H78NO13P/c1-5-7-14-20-35(47)25-26-38-39(41(50)30-40(38)49)29-36(48)21-17-18-24-45(52)58-37(32-57-60(53,54)56-28-27-46)31-55-44(51)23-16-13-11-9-8-10-12-15-22-43-34(4)33(3)42(59-43)19-6-2/h25-26,35,37-41,47,49-50H,5-24,27-32,46H2,1-4H3,(H,53,54)/b26-25+/t35-,37+,38+,39+,40+,41-/m0/s1. The summed E-state index contributed by atoms with van der Waals surface area (Å²) >= 11 is 0. The van der Waals surface area contributed by atoms with Gasteiger partial charge in [0.1, 0.15) is 23.9 Å². The predicted molar refractivity (Wildman–Crippen MR) is 230 cm³/mol. The fourth-order valence-electron chi connectivity index (χ4n) is 7.62. The zero-order chi connectivity index (χ0) is 44.3. The van der Waals surface area contributed by atoms with Crippen molar-refractivity contribution in [2.45, 2.75) is 193 Å². The van der Waals surface area contributed by atoms with Crippen LogP contribution in [0.5, 0.6) is 0 Å². The number of Topliss-reactive ketones (excluding diaryl/α,β-unsaturated/α-hetero) is 1. The molecule has 15 heteroatoms. The van der Waals surface area contributed by atoms with Crippen LogP contribution in [0.3, 0.4) is 0 Å². The van der Waals surface area contributed by atoms with Crippen LogP contribution in [-0.4, -0.2) is 88.7 Å². The van der Waals surface area contributed by atoms with Gasteiger partial charge in [0.25, 0.3) is 0 Å². The number of phosphoric ester groups is 1. The minimum absolute atomic E-state index is 0.0114. The molecule has 6 N–H and O–H groups in total. The minimum atomic E-state index is -4.49. The van der Waals surface area contributed by atoms with Gasteiger partial charge >= 0.3 is 19.8 Å². The molecule has 14 nitrogen and oxygen atoms in total. The Morgan fingerprint density at radius 3 is 2.08 bits per heavy atom. The molecular formula is C45H78NO13P. The van der Waals surface area contributed by atoms with Crippen LogP contribution in [-0.2, 0) is 50.3 Å². The number of esters is 2. The number of ether oxygens (including phenoxy) is 2. The smallest absolute Gasteiger partial charge is 0.466 e. The van der Waals surface area contributed by atoms with E-state index in [2.05, 4.69) is 27.7 Å². The number of aliphatic hydroxyl groups excluding tert-OH is 3. The molecule has 346 valence electrons. The molecule has 0 amide bonds. The number of aliphatic hydroxyl groups is 3. The highest BCUT2D eigenvalue weighted by Crippen LogP contribution is 2.43. The minimum Gasteiger partial charge on any atom is -0.466 e. The van der Waals surface area contributed by atoms with Gasteiger partial charge in [0.15, 0.2) is 6.10 Å². The van der Waals surface area contributed by atoms with E-state index in [1.54, 1.807) is 12.2 Å². The second-order valence-electron chi connectivity index (χ2n) is 16.5. The summed E-state index contributed by atoms with van der Waals surface area (Å²) < 4.78 is 38.8. The number of ketones is 1. The van der Waals surface area contributed by atoms with Crippen molar-refractivity contribution in [3.63, 3.8) is 0 Å². The molecule has 1 aromatic rings. The van der Waals surface area contributed by atoms with Gasteiger partial charge in [-0.3, -0.25) is 23.4 Å². The van der Waals surface area contributed by atoms with Gasteiger partial charge in [0.2, 0.25) is 0 Å². The number of rotatable bonds is 35. The Balaban J connectivity index is 1.70. The van der Waals surface area contributed by atoms with Gasteiger partial charge in [0, 0.05) is 63.3 Å². The van der Waals surface area contributed by atoms with Crippen molar-refractivity contribution in [2.24, 2.45) is 17.6 Å². The largest absolute Gasteiger partial charge is 0.472 e. The molecule has 1 fully saturated rings. The summed E-state index contributed by atoms with van der Waals surface area (Å²) in [6.07, 6.45) is 15.8. The van der Waals surface area contributed by atoms with Gasteiger partial charge in [-0.05, 0) is 63.5 Å². The first-order valence-electron chi connectivity index (χ1n) is 22.7. The fraction of sp³-hybridized carbons (Fsp3) is 0.800. The van der Waals surface area contributed by atoms with E-state index in [1.165, 1.54) is 11.1 Å². The van der Waals surface area contributed by atoms with Crippen molar-refractivity contribution in [3.05, 3.63) is 34.8 Å². The maximum Gasteiger partial charge on any atom is 0.472 e. The lowest BCUT2D eigenvalue weighted by Crippen LogP contribution is -2.29. The molecule has 0 saturated heterocycles. The SMILES string of the molecule is CCCCC[C@H](O)/C=C/[C@@H]1[C@@H](CC(=O)CCCCC(=O)O[C@H](COC(=O)CCCCCCCCCCc2oc(CCC)c(C)c2C)COP(=O)(O)OCCN)[C@@H](O)C[C@H]1O. The molecule has 1 aromatic heterocycles. The zero-order valence-electron chi connectivity index (χ0n) is 37.0. The van der Waals surface area contributed by atoms with E-state index in [4.69, 9.17) is 28.7 Å². The molecule has 0 aliphatic heterocycles. The molecule has 1 saturated carbocycles. The van der Waals surface area contributed by atoms with Crippen LogP contribution in [0.1, 0.15) is 165 Å². The third kappa shape index (κ3) is 22.1. The van der Waals surface area contributed by atoms with Crippen LogP contribution >= 0.6 is 7.82 Å². The number of carbonyl (C=O) groups excluding carboxylic acids is 3. The van der Waals surface area contributed by atoms with Crippen LogP contribution in [0.2, 0.25) is 0 Å². The van der Waals surface area contributed by atoms with Gasteiger partial charge < -0.3 is 39.8 Å². The molecule has 0 spiro atoms. The average molecular weight is 872 g/mol. The second kappa shape index (κ2) is 30.6. The molecule has 1 unspecified atom stereocenters. The van der Waals surface area contributed by atoms with Crippen LogP contribution in [0.4, 0.5) is 0 Å². The lowest BCUT2D eigenvalue weighted by Gasteiger charge is -2.20. The maximum absolute atomic E-state index is 12.9. The highest BCUT2D eigenvalue weighted by Gasteiger charge is 2.41. The fourth-order valence-corrected chi connectivity index (χ4v) is 8.38. The monoisotopic (exact) mass is 872 g/mol. The van der Waals surface area contributed by atoms with Crippen molar-refractivity contribution < 1.29 is 62.1 Å². The van der Waals surface area contributed by atoms with Crippen LogP contribution < -0.4 is 5.73 Å². The zero-order valence-corrected chi connectivity index (χ0v) is 37.9. The van der Waals surface area contributed by atoms with Crippen molar-refractivity contribution in [3.8, 4) is 0 Å². The lowest BCUT2D eigenvalue weighted by atomic mass is 9.87. The molecule has 0 bridgehead atoms. The Hall–Kier alpha value is -2.42. The normalized spacial score (nSPS) is 20.0. The molecular weight excluding hydrogens is 793 g/mol. The highest BCUT2D eigenvalue weighted by atomic mass is 31.2. The van der Waals surface area contributed by atoms with Crippen molar-refractivity contribution >= 4 is 25.5 Å². The average Bonchev–Trinajstić information content (AvgIpc) is 3.63. The van der Waals surface area contributed by atoms with Gasteiger partial charge in [-0.25, -0.2) is 4.57 Å². The van der Waals surface area contributed by atoms with Gasteiger partial charge in [0.05, 0.1) is 31.5 Å². The predicted octanol–water partition coefficient (Wildman–Crippen LogP) is 7.82. The molecule has 1 heterocycles. The number of hydrogen-bond donors (Lipinski definition) is 5. The number of furan rings is 1. The highest BCUT2D eigenvalue weighted by molar-refractivity contribution is 7.47. The number of nitrogens with two attached hydrogens (primary N) is 1. The first-order valence-corrected chi connectivity index (χ1v) is 24.2. The van der Waals surface area contributed by atoms with Crippen molar-refractivity contribution in [1.29, 1.82) is 0 Å². The van der Waals surface area contributed by atoms with E-state index in [1.807, 2.05) is 0 Å². The van der Waals surface area contributed by atoms with Crippen LogP contribution in [0.15, 0.2) is 16.6 Å². The van der Waals surface area contributed by atoms with Gasteiger partial charge in [-0.2, -0.15) is 0 Å². The van der Waals surface area contributed by atoms with E-state index in [0.717, 1.165) is 95.0 Å². The quantitative estimate of drug-likeness (QED) is 0.0190. The van der Waals surface area contributed by atoms with Crippen LogP contribution in [0, 0.1) is 25.7 Å². The third-order valence-electron chi connectivity index (χ3n) is 11.3. The Morgan fingerprint density at radius 1 is 0.800 bits per heavy atom. The Bertz CT molecular complexity index is 1450. The number of unbranched alkanes of at least 4 members (excludes halogenated alkanes) is 10. The van der Waals surface area contributed by atoms with Crippen LogP contribution in [0.25, 0.3) is 0 Å². The maximum atomic E-state index is 12.9. The van der Waals surface area contributed by atoms with Crippen molar-refractivity contribution in [2.75, 3.05) is 26.4 Å². The number of hydrogen-bond acceptors (Lipinski definition) is 13. The Kier molecular flexibility index (Phi) is 27.4. The number of aryl methyl sites for hydroxylation is 2. The summed E-state index contributed by atoms with van der Waals surface area (Å²) in [7, 11) is -4.49. The summed E-state index contributed by atoms with van der Waals surface area (Å²) in [6.45, 7) is 7.37. The van der Waals surface area contributed by atoms with Gasteiger partial charge in [-0.15, -0.1) is 0 Å². The first-order chi connectivity index (χ1) is 28.7. The molecule has 7 atom stereocenters. The first kappa shape index (κ1) is 53.7. The molecule has 1 aliphatic rings. The second-order valence-corrected chi connectivity index (χ2v) is 17.9. The molecule has 60 heavy (non-hydrogen) atoms. The topological polar surface area (TPSA) is 225 Å². The molecule has 0 radical (unpaired) electrons. The molecule has 0 aromatic carbocycles. The summed E-state index contributed by atoms with van der Waals surface area (Å²) in [6, 6.07) is 0. The molecule has 2 rings (SSSR count). The van der Waals surface area contributed by atoms with Gasteiger partial charge in [-0.1, -0.05) is 83.8 Å².